The van der Waals surface area contributed by atoms with Gasteiger partial charge in [-0.1, -0.05) is 18.2 Å². The largest absolute Gasteiger partial charge is 0.393 e. The first-order chi connectivity index (χ1) is 6.67. The fourth-order valence-electron chi connectivity index (χ4n) is 1.51. The predicted molar refractivity (Wildman–Crippen MR) is 57.6 cm³/mol. The molecule has 0 aromatic heterocycles. The summed E-state index contributed by atoms with van der Waals surface area (Å²) in [5.74, 6) is 0. The van der Waals surface area contributed by atoms with Crippen LogP contribution in [0.15, 0.2) is 18.2 Å². The maximum atomic E-state index is 9.32. The molecule has 0 aliphatic heterocycles. The van der Waals surface area contributed by atoms with E-state index in [2.05, 4.69) is 0 Å². The Balaban J connectivity index is 2.96. The normalized spacial score (nSPS) is 12.9. The summed E-state index contributed by atoms with van der Waals surface area (Å²) in [7, 11) is 0. The van der Waals surface area contributed by atoms with Crippen LogP contribution in [0.1, 0.15) is 23.6 Å². The number of nitrogens with two attached hydrogens (primary N) is 2. The van der Waals surface area contributed by atoms with Crippen LogP contribution in [0.5, 0.6) is 0 Å². The highest BCUT2D eigenvalue weighted by Gasteiger charge is 2.05. The van der Waals surface area contributed by atoms with Crippen molar-refractivity contribution in [3.05, 3.63) is 34.9 Å². The van der Waals surface area contributed by atoms with Crippen LogP contribution in [-0.4, -0.2) is 11.2 Å². The molecule has 0 radical (unpaired) electrons. The summed E-state index contributed by atoms with van der Waals surface area (Å²) >= 11 is 0. The SMILES string of the molecule is CC(O)Cc1cc(CN)ccc1CN. The molecule has 0 bridgehead atoms. The molecule has 14 heavy (non-hydrogen) atoms. The van der Waals surface area contributed by atoms with Crippen molar-refractivity contribution in [1.29, 1.82) is 0 Å². The molecule has 0 fully saturated rings. The smallest absolute Gasteiger partial charge is 0.0552 e. The number of benzene rings is 1. The average Bonchev–Trinajstić information content (AvgIpc) is 2.16. The lowest BCUT2D eigenvalue weighted by Gasteiger charge is -2.11. The van der Waals surface area contributed by atoms with E-state index in [4.69, 9.17) is 11.5 Å². The topological polar surface area (TPSA) is 72.3 Å². The third kappa shape index (κ3) is 2.80. The molecule has 0 heterocycles. The Morgan fingerprint density at radius 2 is 1.93 bits per heavy atom. The van der Waals surface area contributed by atoms with E-state index in [0.717, 1.165) is 16.7 Å². The zero-order valence-electron chi connectivity index (χ0n) is 8.53. The fraction of sp³-hybridized carbons (Fsp3) is 0.455. The van der Waals surface area contributed by atoms with Crippen molar-refractivity contribution in [3.63, 3.8) is 0 Å². The molecule has 0 amide bonds. The number of rotatable bonds is 4. The summed E-state index contributed by atoms with van der Waals surface area (Å²) in [6.45, 7) is 2.81. The molecule has 0 aliphatic carbocycles. The van der Waals surface area contributed by atoms with E-state index in [0.29, 0.717) is 19.5 Å². The zero-order chi connectivity index (χ0) is 10.6. The molecule has 0 aliphatic rings. The van der Waals surface area contributed by atoms with Gasteiger partial charge >= 0.3 is 0 Å². The van der Waals surface area contributed by atoms with Crippen LogP contribution in [-0.2, 0) is 19.5 Å². The highest BCUT2D eigenvalue weighted by atomic mass is 16.3. The second-order valence-electron chi connectivity index (χ2n) is 3.56. The Kier molecular flexibility index (Phi) is 4.07. The van der Waals surface area contributed by atoms with Gasteiger partial charge in [-0.2, -0.15) is 0 Å². The highest BCUT2D eigenvalue weighted by molar-refractivity contribution is 5.32. The van der Waals surface area contributed by atoms with Gasteiger partial charge in [-0.25, -0.2) is 0 Å². The monoisotopic (exact) mass is 194 g/mol. The van der Waals surface area contributed by atoms with E-state index in [-0.39, 0.29) is 6.10 Å². The third-order valence-corrected chi connectivity index (χ3v) is 2.24. The molecule has 0 saturated heterocycles. The van der Waals surface area contributed by atoms with Crippen LogP contribution < -0.4 is 11.5 Å². The van der Waals surface area contributed by atoms with Gasteiger partial charge < -0.3 is 16.6 Å². The number of aliphatic hydroxyl groups excluding tert-OH is 1. The number of aliphatic hydroxyl groups is 1. The number of hydrogen-bond acceptors (Lipinski definition) is 3. The van der Waals surface area contributed by atoms with Crippen molar-refractivity contribution in [2.24, 2.45) is 11.5 Å². The predicted octanol–water partition coefficient (Wildman–Crippen LogP) is 0.527. The van der Waals surface area contributed by atoms with E-state index in [9.17, 15) is 5.11 Å². The van der Waals surface area contributed by atoms with Crippen LogP contribution in [0, 0.1) is 0 Å². The zero-order valence-corrected chi connectivity index (χ0v) is 8.53. The van der Waals surface area contributed by atoms with Crippen LogP contribution in [0.2, 0.25) is 0 Å². The van der Waals surface area contributed by atoms with Crippen molar-refractivity contribution in [1.82, 2.24) is 0 Å². The quantitative estimate of drug-likeness (QED) is 0.654. The average molecular weight is 194 g/mol. The summed E-state index contributed by atoms with van der Waals surface area (Å²) in [6, 6.07) is 5.99. The molecule has 1 aromatic carbocycles. The summed E-state index contributed by atoms with van der Waals surface area (Å²) in [5.41, 5.74) is 14.4. The lowest BCUT2D eigenvalue weighted by atomic mass is 9.99. The Hall–Kier alpha value is -0.900. The van der Waals surface area contributed by atoms with Crippen molar-refractivity contribution in [2.75, 3.05) is 0 Å². The highest BCUT2D eigenvalue weighted by Crippen LogP contribution is 2.13. The van der Waals surface area contributed by atoms with E-state index < -0.39 is 0 Å². The second-order valence-corrected chi connectivity index (χ2v) is 3.56. The first kappa shape index (κ1) is 11.2. The second kappa shape index (κ2) is 5.10. The van der Waals surface area contributed by atoms with Crippen LogP contribution >= 0.6 is 0 Å². The molecule has 3 nitrogen and oxygen atoms in total. The maximum Gasteiger partial charge on any atom is 0.0552 e. The molecule has 78 valence electrons. The van der Waals surface area contributed by atoms with Crippen LogP contribution in [0.25, 0.3) is 0 Å². The van der Waals surface area contributed by atoms with E-state index in [1.54, 1.807) is 6.92 Å². The van der Waals surface area contributed by atoms with Crippen molar-refractivity contribution in [2.45, 2.75) is 32.5 Å². The molecule has 0 spiro atoms. The first-order valence-corrected chi connectivity index (χ1v) is 4.86. The lowest BCUT2D eigenvalue weighted by Crippen LogP contribution is -2.10. The summed E-state index contributed by atoms with van der Waals surface area (Å²) < 4.78 is 0. The van der Waals surface area contributed by atoms with Gasteiger partial charge in [0.1, 0.15) is 0 Å². The van der Waals surface area contributed by atoms with Gasteiger partial charge in [0.25, 0.3) is 0 Å². The lowest BCUT2D eigenvalue weighted by molar-refractivity contribution is 0.195. The third-order valence-electron chi connectivity index (χ3n) is 2.24. The molecule has 0 saturated carbocycles. The summed E-state index contributed by atoms with van der Waals surface area (Å²) in [5, 5.41) is 9.32. The molecule has 1 rings (SSSR count). The molecular formula is C11H18N2O. The molecule has 1 aromatic rings. The van der Waals surface area contributed by atoms with E-state index in [1.165, 1.54) is 0 Å². The van der Waals surface area contributed by atoms with Crippen molar-refractivity contribution < 1.29 is 5.11 Å². The number of hydrogen-bond donors (Lipinski definition) is 3. The van der Waals surface area contributed by atoms with Crippen molar-refractivity contribution in [3.8, 4) is 0 Å². The Morgan fingerprint density at radius 1 is 1.21 bits per heavy atom. The Bertz CT molecular complexity index is 297. The molecule has 1 atom stereocenters. The summed E-state index contributed by atoms with van der Waals surface area (Å²) in [4.78, 5) is 0. The van der Waals surface area contributed by atoms with Crippen LogP contribution in [0.3, 0.4) is 0 Å². The first-order valence-electron chi connectivity index (χ1n) is 4.86. The van der Waals surface area contributed by atoms with E-state index >= 15 is 0 Å². The van der Waals surface area contributed by atoms with Gasteiger partial charge in [-0.05, 0) is 30.0 Å². The Morgan fingerprint density at radius 3 is 2.43 bits per heavy atom. The van der Waals surface area contributed by atoms with Crippen LogP contribution in [0.4, 0.5) is 0 Å². The van der Waals surface area contributed by atoms with Gasteiger partial charge in [-0.3, -0.25) is 0 Å². The molecule has 5 N–H and O–H groups in total. The minimum absolute atomic E-state index is 0.340. The Labute approximate surface area is 84.7 Å². The van der Waals surface area contributed by atoms with Gasteiger partial charge in [0.15, 0.2) is 0 Å². The van der Waals surface area contributed by atoms with E-state index in [1.807, 2.05) is 18.2 Å². The molecular weight excluding hydrogens is 176 g/mol. The van der Waals surface area contributed by atoms with Gasteiger partial charge in [0.2, 0.25) is 0 Å². The minimum atomic E-state index is -0.340. The molecule has 1 unspecified atom stereocenters. The van der Waals surface area contributed by atoms with Gasteiger partial charge in [0, 0.05) is 13.1 Å². The standard InChI is InChI=1S/C11H18N2O/c1-8(14)4-11-5-9(6-12)2-3-10(11)7-13/h2-3,5,8,14H,4,6-7,12-13H2,1H3. The van der Waals surface area contributed by atoms with Crippen molar-refractivity contribution >= 4 is 0 Å². The fourth-order valence-corrected chi connectivity index (χ4v) is 1.51. The van der Waals surface area contributed by atoms with Gasteiger partial charge in [-0.15, -0.1) is 0 Å². The minimum Gasteiger partial charge on any atom is -0.393 e. The molecule has 3 heteroatoms. The summed E-state index contributed by atoms with van der Waals surface area (Å²) in [6.07, 6.45) is 0.300. The maximum absolute atomic E-state index is 9.32. The van der Waals surface area contributed by atoms with Gasteiger partial charge in [0.05, 0.1) is 6.10 Å².